The molecule has 3 heterocycles. The fourth-order valence-corrected chi connectivity index (χ4v) is 3.45. The summed E-state index contributed by atoms with van der Waals surface area (Å²) < 4.78 is 29.2. The lowest BCUT2D eigenvalue weighted by molar-refractivity contribution is 0.0573. The second kappa shape index (κ2) is 3.68. The van der Waals surface area contributed by atoms with Crippen molar-refractivity contribution < 1.29 is 8.78 Å². The van der Waals surface area contributed by atoms with E-state index in [2.05, 4.69) is 9.97 Å². The topological polar surface area (TPSA) is 34.0 Å². The maximum absolute atomic E-state index is 13.6. The summed E-state index contributed by atoms with van der Waals surface area (Å²) in [6, 6.07) is 1.90. The zero-order chi connectivity index (χ0) is 14.0. The van der Waals surface area contributed by atoms with Crippen LogP contribution in [0.3, 0.4) is 0 Å². The summed E-state index contributed by atoms with van der Waals surface area (Å²) in [6.07, 6.45) is 4.89. The van der Waals surface area contributed by atoms with Gasteiger partial charge in [-0.2, -0.15) is 0 Å². The molecule has 1 saturated carbocycles. The van der Waals surface area contributed by atoms with Gasteiger partial charge in [0, 0.05) is 32.8 Å². The molecule has 0 N–H and O–H groups in total. The highest BCUT2D eigenvalue weighted by atomic mass is 19.3. The minimum absolute atomic E-state index is 0.0298. The van der Waals surface area contributed by atoms with E-state index in [-0.39, 0.29) is 6.42 Å². The van der Waals surface area contributed by atoms with Crippen molar-refractivity contribution in [2.75, 3.05) is 18.0 Å². The van der Waals surface area contributed by atoms with Crippen LogP contribution in [0.1, 0.15) is 19.3 Å². The molecule has 4 nitrogen and oxygen atoms in total. The summed E-state index contributed by atoms with van der Waals surface area (Å²) >= 11 is 0. The number of alkyl halides is 2. The molecule has 0 radical (unpaired) electrons. The predicted molar refractivity (Wildman–Crippen MR) is 72.0 cm³/mol. The van der Waals surface area contributed by atoms with Crippen LogP contribution in [0.15, 0.2) is 18.5 Å². The van der Waals surface area contributed by atoms with Gasteiger partial charge in [0.25, 0.3) is 5.92 Å². The Balaban J connectivity index is 1.71. The average molecular weight is 278 g/mol. The highest BCUT2D eigenvalue weighted by Gasteiger charge is 2.71. The van der Waals surface area contributed by atoms with Crippen molar-refractivity contribution in [2.45, 2.75) is 25.2 Å². The number of aromatic nitrogens is 3. The Hall–Kier alpha value is -1.72. The van der Waals surface area contributed by atoms with E-state index in [9.17, 15) is 8.78 Å². The SMILES string of the molecule is Cn1c(N2CCCC3(C2)CC3(F)F)nc2cnccc21. The molecule has 0 amide bonds. The number of aryl methyl sites for hydroxylation is 1. The fraction of sp³-hybridized carbons (Fsp3) is 0.571. The molecular formula is C14H16F2N4. The lowest BCUT2D eigenvalue weighted by atomic mass is 9.94. The van der Waals surface area contributed by atoms with E-state index >= 15 is 0 Å². The van der Waals surface area contributed by atoms with Crippen LogP contribution in [0, 0.1) is 5.41 Å². The van der Waals surface area contributed by atoms with Gasteiger partial charge >= 0.3 is 0 Å². The number of hydrogen-bond acceptors (Lipinski definition) is 3. The van der Waals surface area contributed by atoms with Gasteiger partial charge in [-0.05, 0) is 18.9 Å². The number of nitrogens with zero attached hydrogens (tertiary/aromatic N) is 4. The van der Waals surface area contributed by atoms with E-state index in [1.54, 1.807) is 12.4 Å². The maximum atomic E-state index is 13.6. The highest BCUT2D eigenvalue weighted by molar-refractivity contribution is 5.77. The van der Waals surface area contributed by atoms with Crippen LogP contribution in [0.2, 0.25) is 0 Å². The molecule has 1 unspecified atom stereocenters. The average Bonchev–Trinajstić information content (AvgIpc) is 2.79. The van der Waals surface area contributed by atoms with Crippen molar-refractivity contribution in [3.63, 3.8) is 0 Å². The van der Waals surface area contributed by atoms with Gasteiger partial charge in [0.1, 0.15) is 5.52 Å². The minimum Gasteiger partial charge on any atom is -0.341 e. The summed E-state index contributed by atoms with van der Waals surface area (Å²) in [5.74, 6) is -1.72. The molecule has 6 heteroatoms. The van der Waals surface area contributed by atoms with E-state index in [0.29, 0.717) is 13.0 Å². The fourth-order valence-electron chi connectivity index (χ4n) is 3.45. The van der Waals surface area contributed by atoms with E-state index in [4.69, 9.17) is 0 Å². The molecule has 1 atom stereocenters. The summed E-state index contributed by atoms with van der Waals surface area (Å²) in [5.41, 5.74) is 0.992. The number of imidazole rings is 1. The number of fused-ring (bicyclic) bond motifs is 1. The summed E-state index contributed by atoms with van der Waals surface area (Å²) in [7, 11) is 1.93. The zero-order valence-electron chi connectivity index (χ0n) is 11.3. The molecule has 0 bridgehead atoms. The smallest absolute Gasteiger partial charge is 0.256 e. The van der Waals surface area contributed by atoms with Crippen LogP contribution >= 0.6 is 0 Å². The van der Waals surface area contributed by atoms with Gasteiger partial charge in [0.2, 0.25) is 5.95 Å². The summed E-state index contributed by atoms with van der Waals surface area (Å²) in [6.45, 7) is 1.20. The molecule has 2 aromatic heterocycles. The molecule has 1 aliphatic heterocycles. The Morgan fingerprint density at radius 3 is 2.85 bits per heavy atom. The van der Waals surface area contributed by atoms with Crippen molar-refractivity contribution in [2.24, 2.45) is 12.5 Å². The van der Waals surface area contributed by atoms with E-state index < -0.39 is 11.3 Å². The van der Waals surface area contributed by atoms with Crippen molar-refractivity contribution in [1.82, 2.24) is 14.5 Å². The quantitative estimate of drug-likeness (QED) is 0.804. The number of halogens is 2. The molecular weight excluding hydrogens is 262 g/mol. The largest absolute Gasteiger partial charge is 0.341 e. The van der Waals surface area contributed by atoms with Gasteiger partial charge < -0.3 is 9.47 Å². The maximum Gasteiger partial charge on any atom is 0.256 e. The monoisotopic (exact) mass is 278 g/mol. The first-order chi connectivity index (χ1) is 9.52. The number of anilines is 1. The lowest BCUT2D eigenvalue weighted by Crippen LogP contribution is -2.40. The molecule has 4 rings (SSSR count). The Morgan fingerprint density at radius 2 is 2.15 bits per heavy atom. The zero-order valence-corrected chi connectivity index (χ0v) is 11.3. The van der Waals surface area contributed by atoms with Crippen LogP contribution in [0.4, 0.5) is 14.7 Å². The second-order valence-corrected chi connectivity index (χ2v) is 6.02. The van der Waals surface area contributed by atoms with Crippen molar-refractivity contribution in [3.05, 3.63) is 18.5 Å². The molecule has 2 fully saturated rings. The van der Waals surface area contributed by atoms with E-state index in [0.717, 1.165) is 29.9 Å². The van der Waals surface area contributed by atoms with Crippen molar-refractivity contribution in [3.8, 4) is 0 Å². The first-order valence-electron chi connectivity index (χ1n) is 6.92. The second-order valence-electron chi connectivity index (χ2n) is 6.02. The van der Waals surface area contributed by atoms with E-state index in [1.165, 1.54) is 0 Å². The van der Waals surface area contributed by atoms with Crippen LogP contribution in [-0.4, -0.2) is 33.5 Å². The van der Waals surface area contributed by atoms with E-state index in [1.807, 2.05) is 22.6 Å². The predicted octanol–water partition coefficient (Wildman–Crippen LogP) is 2.59. The van der Waals surface area contributed by atoms with Crippen LogP contribution in [0.5, 0.6) is 0 Å². The standard InChI is InChI=1S/C14H16F2N4/c1-19-11-3-5-17-7-10(11)18-12(19)20-6-2-4-13(9-20)8-14(13,15)16/h3,5,7H,2,4,6,8-9H2,1H3. The Bertz CT molecular complexity index is 681. The van der Waals surface area contributed by atoms with Gasteiger partial charge in [-0.15, -0.1) is 0 Å². The molecule has 2 aliphatic rings. The van der Waals surface area contributed by atoms with Crippen molar-refractivity contribution in [1.29, 1.82) is 0 Å². The van der Waals surface area contributed by atoms with Crippen LogP contribution in [0.25, 0.3) is 11.0 Å². The third-order valence-corrected chi connectivity index (χ3v) is 4.73. The summed E-state index contributed by atoms with van der Waals surface area (Å²) in [4.78, 5) is 10.6. The first-order valence-corrected chi connectivity index (χ1v) is 6.92. The molecule has 1 aliphatic carbocycles. The van der Waals surface area contributed by atoms with Gasteiger partial charge in [-0.3, -0.25) is 4.98 Å². The van der Waals surface area contributed by atoms with Gasteiger partial charge in [-0.25, -0.2) is 13.8 Å². The summed E-state index contributed by atoms with van der Waals surface area (Å²) in [5, 5.41) is 0. The number of rotatable bonds is 1. The highest BCUT2D eigenvalue weighted by Crippen LogP contribution is 2.64. The van der Waals surface area contributed by atoms with Gasteiger partial charge in [-0.1, -0.05) is 0 Å². The Kier molecular flexibility index (Phi) is 2.22. The molecule has 1 saturated heterocycles. The van der Waals surface area contributed by atoms with Crippen molar-refractivity contribution >= 4 is 17.0 Å². The minimum atomic E-state index is -2.49. The Labute approximate surface area is 115 Å². The van der Waals surface area contributed by atoms with Gasteiger partial charge in [0.15, 0.2) is 0 Å². The van der Waals surface area contributed by atoms with Crippen LogP contribution < -0.4 is 4.90 Å². The number of hydrogen-bond donors (Lipinski definition) is 0. The molecule has 2 aromatic rings. The molecule has 0 aromatic carbocycles. The lowest BCUT2D eigenvalue weighted by Gasteiger charge is -2.33. The van der Waals surface area contributed by atoms with Crippen LogP contribution in [-0.2, 0) is 7.05 Å². The van der Waals surface area contributed by atoms with Gasteiger partial charge in [0.05, 0.1) is 17.1 Å². The molecule has 106 valence electrons. The molecule has 20 heavy (non-hydrogen) atoms. The number of piperidine rings is 1. The third-order valence-electron chi connectivity index (χ3n) is 4.73. The molecule has 1 spiro atoms. The normalized spacial score (nSPS) is 28.2. The number of pyridine rings is 1. The third kappa shape index (κ3) is 1.50. The first kappa shape index (κ1) is 12.1. The Morgan fingerprint density at radius 1 is 1.35 bits per heavy atom.